The zero-order chi connectivity index (χ0) is 12.7. The number of amides is 2. The Kier molecular flexibility index (Phi) is 5.97. The molecule has 0 spiro atoms. The van der Waals surface area contributed by atoms with Crippen molar-refractivity contribution >= 4 is 11.8 Å². The zero-order valence-corrected chi connectivity index (χ0v) is 10.8. The summed E-state index contributed by atoms with van der Waals surface area (Å²) in [5, 5.41) is 6.00. The average molecular weight is 241 g/mol. The highest BCUT2D eigenvalue weighted by molar-refractivity contribution is 5.84. The Morgan fingerprint density at radius 1 is 1.47 bits per heavy atom. The van der Waals surface area contributed by atoms with Crippen LogP contribution in [-0.4, -0.2) is 49.9 Å². The van der Waals surface area contributed by atoms with Crippen molar-refractivity contribution in [3.8, 4) is 0 Å². The molecule has 0 bridgehead atoms. The maximum atomic E-state index is 11.8. The minimum atomic E-state index is -0.0766. The van der Waals surface area contributed by atoms with E-state index in [1.165, 1.54) is 4.90 Å². The van der Waals surface area contributed by atoms with Crippen LogP contribution in [0, 0.1) is 5.92 Å². The smallest absolute Gasteiger partial charge is 0.239 e. The van der Waals surface area contributed by atoms with Crippen LogP contribution in [0.3, 0.4) is 0 Å². The molecule has 0 saturated carbocycles. The van der Waals surface area contributed by atoms with E-state index >= 15 is 0 Å². The minimum Gasteiger partial charge on any atom is -0.355 e. The van der Waals surface area contributed by atoms with Crippen LogP contribution in [-0.2, 0) is 9.59 Å². The van der Waals surface area contributed by atoms with Crippen LogP contribution in [0.15, 0.2) is 0 Å². The number of carbonyl (C=O) groups is 2. The monoisotopic (exact) mass is 241 g/mol. The summed E-state index contributed by atoms with van der Waals surface area (Å²) in [5.74, 6) is 0.418. The molecule has 0 radical (unpaired) electrons. The van der Waals surface area contributed by atoms with E-state index in [1.54, 1.807) is 7.05 Å². The zero-order valence-electron chi connectivity index (χ0n) is 10.8. The molecule has 1 aliphatic rings. The Morgan fingerprint density at radius 3 is 2.82 bits per heavy atom. The fraction of sp³-hybridized carbons (Fsp3) is 0.833. The van der Waals surface area contributed by atoms with Crippen molar-refractivity contribution < 1.29 is 9.59 Å². The SMILES string of the molecule is CCCNC(=O)CN(C)C(=O)CC1CCNC1. The third kappa shape index (κ3) is 5.17. The van der Waals surface area contributed by atoms with Gasteiger partial charge in [-0.05, 0) is 31.8 Å². The maximum absolute atomic E-state index is 11.8. The van der Waals surface area contributed by atoms with Crippen molar-refractivity contribution in [2.75, 3.05) is 33.2 Å². The first-order valence-corrected chi connectivity index (χ1v) is 6.34. The predicted octanol–water partition coefficient (Wildman–Crippen LogP) is -0.0294. The van der Waals surface area contributed by atoms with E-state index in [2.05, 4.69) is 10.6 Å². The van der Waals surface area contributed by atoms with Gasteiger partial charge >= 0.3 is 0 Å². The van der Waals surface area contributed by atoms with Gasteiger partial charge in [0.05, 0.1) is 6.54 Å². The highest BCUT2D eigenvalue weighted by Gasteiger charge is 2.20. The van der Waals surface area contributed by atoms with Crippen LogP contribution in [0.1, 0.15) is 26.2 Å². The molecule has 17 heavy (non-hydrogen) atoms. The summed E-state index contributed by atoms with van der Waals surface area (Å²) in [7, 11) is 1.69. The summed E-state index contributed by atoms with van der Waals surface area (Å²) >= 11 is 0. The van der Waals surface area contributed by atoms with Crippen molar-refractivity contribution in [2.24, 2.45) is 5.92 Å². The molecule has 0 aromatic carbocycles. The molecule has 2 N–H and O–H groups in total. The number of likely N-dealkylation sites (N-methyl/N-ethyl adjacent to an activating group) is 1. The summed E-state index contributed by atoms with van der Waals surface area (Å²) in [6, 6.07) is 0. The summed E-state index contributed by atoms with van der Waals surface area (Å²) in [5.41, 5.74) is 0. The van der Waals surface area contributed by atoms with Gasteiger partial charge in [0.25, 0.3) is 0 Å². The highest BCUT2D eigenvalue weighted by Crippen LogP contribution is 2.13. The van der Waals surface area contributed by atoms with Crippen molar-refractivity contribution in [1.29, 1.82) is 0 Å². The van der Waals surface area contributed by atoms with Crippen molar-refractivity contribution in [3.63, 3.8) is 0 Å². The average Bonchev–Trinajstić information content (AvgIpc) is 2.78. The van der Waals surface area contributed by atoms with E-state index in [0.29, 0.717) is 18.9 Å². The second kappa shape index (κ2) is 7.27. The molecule has 1 saturated heterocycles. The lowest BCUT2D eigenvalue weighted by molar-refractivity contribution is -0.135. The lowest BCUT2D eigenvalue weighted by Gasteiger charge is -2.18. The standard InChI is InChI=1S/C12H23N3O2/c1-3-5-14-11(16)9-15(2)12(17)7-10-4-6-13-8-10/h10,13H,3-9H2,1-2H3,(H,14,16). The summed E-state index contributed by atoms with van der Waals surface area (Å²) in [6.45, 7) is 4.76. The quantitative estimate of drug-likeness (QED) is 0.686. The van der Waals surface area contributed by atoms with Gasteiger partial charge in [0.1, 0.15) is 0 Å². The Balaban J connectivity index is 2.23. The molecular weight excluding hydrogens is 218 g/mol. The predicted molar refractivity (Wildman–Crippen MR) is 66.5 cm³/mol. The lowest BCUT2D eigenvalue weighted by Crippen LogP contribution is -2.39. The summed E-state index contributed by atoms with van der Waals surface area (Å²) in [6.07, 6.45) is 2.52. The maximum Gasteiger partial charge on any atom is 0.239 e. The van der Waals surface area contributed by atoms with Gasteiger partial charge in [0, 0.05) is 20.0 Å². The Hall–Kier alpha value is -1.10. The molecule has 5 heteroatoms. The van der Waals surface area contributed by atoms with Gasteiger partial charge < -0.3 is 15.5 Å². The number of nitrogens with zero attached hydrogens (tertiary/aromatic N) is 1. The number of hydrogen-bond acceptors (Lipinski definition) is 3. The fourth-order valence-corrected chi connectivity index (χ4v) is 1.92. The van der Waals surface area contributed by atoms with E-state index in [9.17, 15) is 9.59 Å². The Labute approximate surface area is 103 Å². The van der Waals surface area contributed by atoms with Gasteiger partial charge in [0.2, 0.25) is 11.8 Å². The van der Waals surface area contributed by atoms with Gasteiger partial charge in [-0.15, -0.1) is 0 Å². The van der Waals surface area contributed by atoms with Gasteiger partial charge in [-0.1, -0.05) is 6.92 Å². The normalized spacial score (nSPS) is 19.1. The van der Waals surface area contributed by atoms with E-state index in [1.807, 2.05) is 6.92 Å². The molecule has 0 aromatic rings. The molecule has 98 valence electrons. The number of nitrogens with one attached hydrogen (secondary N) is 2. The number of rotatable bonds is 6. The van der Waals surface area contributed by atoms with Gasteiger partial charge in [-0.2, -0.15) is 0 Å². The molecule has 1 heterocycles. The van der Waals surface area contributed by atoms with E-state index in [4.69, 9.17) is 0 Å². The second-order valence-corrected chi connectivity index (χ2v) is 4.66. The first-order valence-electron chi connectivity index (χ1n) is 6.34. The molecule has 0 aliphatic carbocycles. The molecule has 1 atom stereocenters. The van der Waals surface area contributed by atoms with Crippen LogP contribution < -0.4 is 10.6 Å². The number of carbonyl (C=O) groups excluding carboxylic acids is 2. The molecule has 1 fully saturated rings. The van der Waals surface area contributed by atoms with Crippen LogP contribution >= 0.6 is 0 Å². The molecule has 5 nitrogen and oxygen atoms in total. The van der Waals surface area contributed by atoms with Crippen LogP contribution in [0.25, 0.3) is 0 Å². The summed E-state index contributed by atoms with van der Waals surface area (Å²) in [4.78, 5) is 24.8. The van der Waals surface area contributed by atoms with E-state index < -0.39 is 0 Å². The number of hydrogen-bond donors (Lipinski definition) is 2. The Bertz CT molecular complexity index is 262. The van der Waals surface area contributed by atoms with Gasteiger partial charge in [-0.3, -0.25) is 9.59 Å². The molecular formula is C12H23N3O2. The lowest BCUT2D eigenvalue weighted by atomic mass is 10.0. The van der Waals surface area contributed by atoms with E-state index in [-0.39, 0.29) is 18.4 Å². The minimum absolute atomic E-state index is 0.0605. The van der Waals surface area contributed by atoms with Crippen molar-refractivity contribution in [2.45, 2.75) is 26.2 Å². The molecule has 1 unspecified atom stereocenters. The largest absolute Gasteiger partial charge is 0.355 e. The third-order valence-corrected chi connectivity index (χ3v) is 3.00. The fourth-order valence-electron chi connectivity index (χ4n) is 1.92. The molecule has 1 aliphatic heterocycles. The van der Waals surface area contributed by atoms with Crippen molar-refractivity contribution in [3.05, 3.63) is 0 Å². The Morgan fingerprint density at radius 2 is 2.24 bits per heavy atom. The molecule has 2 amide bonds. The van der Waals surface area contributed by atoms with Gasteiger partial charge in [0.15, 0.2) is 0 Å². The third-order valence-electron chi connectivity index (χ3n) is 3.00. The summed E-state index contributed by atoms with van der Waals surface area (Å²) < 4.78 is 0. The first kappa shape index (κ1) is 14.0. The van der Waals surface area contributed by atoms with Crippen molar-refractivity contribution in [1.82, 2.24) is 15.5 Å². The second-order valence-electron chi connectivity index (χ2n) is 4.66. The van der Waals surface area contributed by atoms with Crippen LogP contribution in [0.2, 0.25) is 0 Å². The highest BCUT2D eigenvalue weighted by atomic mass is 16.2. The molecule has 1 rings (SSSR count). The van der Waals surface area contributed by atoms with Crippen LogP contribution in [0.4, 0.5) is 0 Å². The van der Waals surface area contributed by atoms with Crippen LogP contribution in [0.5, 0.6) is 0 Å². The topological polar surface area (TPSA) is 61.4 Å². The molecule has 0 aromatic heterocycles. The first-order chi connectivity index (χ1) is 8.13. The van der Waals surface area contributed by atoms with E-state index in [0.717, 1.165) is 25.9 Å². The van der Waals surface area contributed by atoms with Gasteiger partial charge in [-0.25, -0.2) is 0 Å².